The summed E-state index contributed by atoms with van der Waals surface area (Å²) in [7, 11) is 1.78. The Balaban J connectivity index is 2.54. The molecule has 1 aliphatic rings. The molecule has 0 saturated carbocycles. The van der Waals surface area contributed by atoms with Crippen molar-refractivity contribution < 1.29 is 4.74 Å². The molecule has 2 N–H and O–H groups in total. The van der Waals surface area contributed by atoms with Crippen LogP contribution in [-0.4, -0.2) is 43.8 Å². The summed E-state index contributed by atoms with van der Waals surface area (Å²) in [5, 5.41) is 0. The molecule has 1 heterocycles. The first-order valence-electron chi connectivity index (χ1n) is 7.16. The van der Waals surface area contributed by atoms with E-state index in [1.165, 1.54) is 38.8 Å². The maximum atomic E-state index is 6.01. The fraction of sp³-hybridized carbons (Fsp3) is 1.00. The van der Waals surface area contributed by atoms with Crippen molar-refractivity contribution in [2.45, 2.75) is 51.5 Å². The summed E-state index contributed by atoms with van der Waals surface area (Å²) >= 11 is 0. The maximum absolute atomic E-state index is 6.01. The highest BCUT2D eigenvalue weighted by Crippen LogP contribution is 2.28. The molecule has 1 atom stereocenters. The second-order valence-electron chi connectivity index (χ2n) is 5.43. The lowest BCUT2D eigenvalue weighted by Crippen LogP contribution is -2.58. The largest absolute Gasteiger partial charge is 0.383 e. The third kappa shape index (κ3) is 3.67. The van der Waals surface area contributed by atoms with Crippen LogP contribution in [0.3, 0.4) is 0 Å². The Labute approximate surface area is 107 Å². The second-order valence-corrected chi connectivity index (χ2v) is 5.43. The number of rotatable bonds is 7. The van der Waals surface area contributed by atoms with Gasteiger partial charge in [0.2, 0.25) is 0 Å². The normalized spacial score (nSPS) is 22.6. The molecule has 0 radical (unpaired) electrons. The molecule has 0 bridgehead atoms. The van der Waals surface area contributed by atoms with Crippen LogP contribution in [0.25, 0.3) is 0 Å². The average Bonchev–Trinajstić information content (AvgIpc) is 2.38. The highest BCUT2D eigenvalue weighted by molar-refractivity contribution is 4.92. The van der Waals surface area contributed by atoms with E-state index in [1.54, 1.807) is 7.11 Å². The Morgan fingerprint density at radius 1 is 1.29 bits per heavy atom. The summed E-state index contributed by atoms with van der Waals surface area (Å²) in [5.74, 6) is 0.936. The number of likely N-dealkylation sites (tertiary alicyclic amines) is 1. The van der Waals surface area contributed by atoms with Gasteiger partial charge in [0.1, 0.15) is 0 Å². The van der Waals surface area contributed by atoms with Gasteiger partial charge in [0.25, 0.3) is 0 Å². The topological polar surface area (TPSA) is 38.5 Å². The van der Waals surface area contributed by atoms with Crippen LogP contribution in [0.1, 0.15) is 46.0 Å². The fourth-order valence-electron chi connectivity index (χ4n) is 3.12. The molecule has 0 spiro atoms. The van der Waals surface area contributed by atoms with Gasteiger partial charge in [-0.15, -0.1) is 0 Å². The van der Waals surface area contributed by atoms with Gasteiger partial charge in [-0.2, -0.15) is 0 Å². The zero-order valence-electron chi connectivity index (χ0n) is 11.9. The molecule has 102 valence electrons. The molecule has 0 aromatic heterocycles. The molecule has 0 aromatic rings. The van der Waals surface area contributed by atoms with Gasteiger partial charge in [-0.1, -0.05) is 26.7 Å². The predicted octanol–water partition coefficient (Wildman–Crippen LogP) is 2.25. The number of nitrogens with zero attached hydrogens (tertiary/aromatic N) is 1. The van der Waals surface area contributed by atoms with Gasteiger partial charge in [-0.05, 0) is 38.3 Å². The van der Waals surface area contributed by atoms with Crippen LogP contribution in [0.15, 0.2) is 0 Å². The predicted molar refractivity (Wildman–Crippen MR) is 73.2 cm³/mol. The standard InChI is InChI=1S/C14H30N2O/c1-4-6-13-7-9-16(10-8-13)14(5-2,11-15)12-17-3/h13H,4-12,15H2,1-3H3. The molecule has 3 heteroatoms. The minimum atomic E-state index is 0.0753. The summed E-state index contributed by atoms with van der Waals surface area (Å²) in [6.45, 7) is 8.36. The molecule has 1 fully saturated rings. The molecule has 17 heavy (non-hydrogen) atoms. The first-order valence-corrected chi connectivity index (χ1v) is 7.16. The van der Waals surface area contributed by atoms with Crippen molar-refractivity contribution in [3.8, 4) is 0 Å². The highest BCUT2D eigenvalue weighted by Gasteiger charge is 2.35. The van der Waals surface area contributed by atoms with Crippen molar-refractivity contribution in [1.82, 2.24) is 4.90 Å². The number of hydrogen-bond donors (Lipinski definition) is 1. The third-order valence-corrected chi connectivity index (χ3v) is 4.43. The lowest BCUT2D eigenvalue weighted by atomic mass is 9.87. The van der Waals surface area contributed by atoms with Gasteiger partial charge in [-0.3, -0.25) is 4.90 Å². The Bertz CT molecular complexity index is 196. The SMILES string of the molecule is CCCC1CCN(C(CC)(CN)COC)CC1. The molecular formula is C14H30N2O. The second kappa shape index (κ2) is 7.34. The van der Waals surface area contributed by atoms with Crippen LogP contribution < -0.4 is 5.73 Å². The van der Waals surface area contributed by atoms with E-state index in [4.69, 9.17) is 10.5 Å². The van der Waals surface area contributed by atoms with Crippen LogP contribution in [0, 0.1) is 5.92 Å². The Morgan fingerprint density at radius 3 is 2.35 bits per heavy atom. The monoisotopic (exact) mass is 242 g/mol. The smallest absolute Gasteiger partial charge is 0.0658 e. The van der Waals surface area contributed by atoms with Crippen LogP contribution in [0.5, 0.6) is 0 Å². The molecule has 0 aromatic carbocycles. The van der Waals surface area contributed by atoms with E-state index < -0.39 is 0 Å². The van der Waals surface area contributed by atoms with Gasteiger partial charge in [0.15, 0.2) is 0 Å². The lowest BCUT2D eigenvalue weighted by molar-refractivity contribution is -0.00830. The van der Waals surface area contributed by atoms with Gasteiger partial charge in [-0.25, -0.2) is 0 Å². The Hall–Kier alpha value is -0.120. The van der Waals surface area contributed by atoms with Crippen molar-refractivity contribution >= 4 is 0 Å². The van der Waals surface area contributed by atoms with E-state index in [0.29, 0.717) is 6.54 Å². The van der Waals surface area contributed by atoms with Crippen molar-refractivity contribution in [3.05, 3.63) is 0 Å². The number of piperidine rings is 1. The summed E-state index contributed by atoms with van der Waals surface area (Å²) < 4.78 is 5.40. The molecule has 0 amide bonds. The third-order valence-electron chi connectivity index (χ3n) is 4.43. The minimum Gasteiger partial charge on any atom is -0.383 e. The Morgan fingerprint density at radius 2 is 1.94 bits per heavy atom. The molecule has 1 aliphatic heterocycles. The lowest BCUT2D eigenvalue weighted by Gasteiger charge is -2.46. The number of ether oxygens (including phenoxy) is 1. The van der Waals surface area contributed by atoms with Gasteiger partial charge >= 0.3 is 0 Å². The average molecular weight is 242 g/mol. The molecule has 3 nitrogen and oxygen atoms in total. The molecule has 0 aliphatic carbocycles. The highest BCUT2D eigenvalue weighted by atomic mass is 16.5. The Kier molecular flexibility index (Phi) is 6.45. The van der Waals surface area contributed by atoms with E-state index in [0.717, 1.165) is 18.9 Å². The van der Waals surface area contributed by atoms with Crippen LogP contribution in [-0.2, 0) is 4.74 Å². The number of hydrogen-bond acceptors (Lipinski definition) is 3. The summed E-state index contributed by atoms with van der Waals surface area (Å²) in [6.07, 6.45) is 6.45. The molecule has 1 saturated heterocycles. The fourth-order valence-corrected chi connectivity index (χ4v) is 3.12. The van der Waals surface area contributed by atoms with E-state index in [9.17, 15) is 0 Å². The maximum Gasteiger partial charge on any atom is 0.0658 e. The van der Waals surface area contributed by atoms with Crippen molar-refractivity contribution in [2.24, 2.45) is 11.7 Å². The zero-order chi connectivity index (χ0) is 12.7. The van der Waals surface area contributed by atoms with E-state index in [1.807, 2.05) is 0 Å². The van der Waals surface area contributed by atoms with Crippen molar-refractivity contribution in [2.75, 3.05) is 33.4 Å². The number of methoxy groups -OCH3 is 1. The first-order chi connectivity index (χ1) is 8.22. The van der Waals surface area contributed by atoms with Gasteiger partial charge < -0.3 is 10.5 Å². The van der Waals surface area contributed by atoms with Crippen molar-refractivity contribution in [1.29, 1.82) is 0 Å². The first kappa shape index (κ1) is 14.9. The van der Waals surface area contributed by atoms with E-state index in [-0.39, 0.29) is 5.54 Å². The van der Waals surface area contributed by atoms with Crippen LogP contribution in [0.4, 0.5) is 0 Å². The molecular weight excluding hydrogens is 212 g/mol. The van der Waals surface area contributed by atoms with E-state index >= 15 is 0 Å². The molecule has 1 unspecified atom stereocenters. The summed E-state index contributed by atoms with van der Waals surface area (Å²) in [6, 6.07) is 0. The summed E-state index contributed by atoms with van der Waals surface area (Å²) in [5.41, 5.74) is 6.08. The van der Waals surface area contributed by atoms with Gasteiger partial charge in [0.05, 0.1) is 12.1 Å². The molecule has 1 rings (SSSR count). The van der Waals surface area contributed by atoms with Crippen LogP contribution >= 0.6 is 0 Å². The van der Waals surface area contributed by atoms with Crippen molar-refractivity contribution in [3.63, 3.8) is 0 Å². The van der Waals surface area contributed by atoms with E-state index in [2.05, 4.69) is 18.7 Å². The number of nitrogens with two attached hydrogens (primary N) is 1. The quantitative estimate of drug-likeness (QED) is 0.744. The summed E-state index contributed by atoms with van der Waals surface area (Å²) in [4.78, 5) is 2.57. The van der Waals surface area contributed by atoms with Crippen LogP contribution in [0.2, 0.25) is 0 Å². The zero-order valence-corrected chi connectivity index (χ0v) is 11.9. The minimum absolute atomic E-state index is 0.0753. The van der Waals surface area contributed by atoms with Gasteiger partial charge in [0, 0.05) is 13.7 Å².